The molecule has 2 heterocycles. The highest BCUT2D eigenvalue weighted by atomic mass is 28.4. The first-order valence-electron chi connectivity index (χ1n) is 25.5. The molecule has 0 spiro atoms. The highest BCUT2D eigenvalue weighted by Gasteiger charge is 2.71. The minimum absolute atomic E-state index is 0.0352. The molecular formula is C53H82O15Si. The van der Waals surface area contributed by atoms with Crippen molar-refractivity contribution in [3.63, 3.8) is 0 Å². The van der Waals surface area contributed by atoms with Crippen molar-refractivity contribution in [2.45, 2.75) is 205 Å². The highest BCUT2D eigenvalue weighted by Crippen LogP contribution is 2.69. The summed E-state index contributed by atoms with van der Waals surface area (Å²) >= 11 is 0. The Balaban J connectivity index is 1.17. The van der Waals surface area contributed by atoms with Crippen molar-refractivity contribution in [3.8, 4) is 5.75 Å². The van der Waals surface area contributed by atoms with Crippen LogP contribution in [0.4, 0.5) is 0 Å². The minimum atomic E-state index is -1.98. The molecule has 0 bridgehead atoms. The maximum atomic E-state index is 14.3. The molecule has 4 aliphatic carbocycles. The Hall–Kier alpha value is -2.77. The van der Waals surface area contributed by atoms with Gasteiger partial charge in [-0.3, -0.25) is 9.59 Å². The van der Waals surface area contributed by atoms with Gasteiger partial charge < -0.3 is 58.0 Å². The lowest BCUT2D eigenvalue weighted by Crippen LogP contribution is -2.64. The third-order valence-corrected chi connectivity index (χ3v) is 22.5. The summed E-state index contributed by atoms with van der Waals surface area (Å²) in [7, 11) is -0.488. The van der Waals surface area contributed by atoms with E-state index in [2.05, 4.69) is 67.6 Å². The Labute approximate surface area is 410 Å². The number of allylic oxidation sites excluding steroid dienone is 1. The topological polar surface area (TPSA) is 206 Å². The van der Waals surface area contributed by atoms with E-state index in [0.717, 1.165) is 32.1 Å². The number of hydrogen-bond acceptors (Lipinski definition) is 15. The van der Waals surface area contributed by atoms with Gasteiger partial charge in [-0.25, -0.2) is 4.79 Å². The molecule has 0 radical (unpaired) electrons. The van der Waals surface area contributed by atoms with Crippen LogP contribution in [0.3, 0.4) is 0 Å². The molecule has 15 nitrogen and oxygen atoms in total. The van der Waals surface area contributed by atoms with Crippen LogP contribution in [0.2, 0.25) is 18.1 Å². The molecule has 4 N–H and O–H groups in total. The minimum Gasteiger partial charge on any atom is -0.497 e. The largest absolute Gasteiger partial charge is 0.497 e. The van der Waals surface area contributed by atoms with Gasteiger partial charge in [0, 0.05) is 30.8 Å². The van der Waals surface area contributed by atoms with Crippen LogP contribution in [0.15, 0.2) is 35.9 Å². The van der Waals surface area contributed by atoms with Crippen LogP contribution in [0.1, 0.15) is 130 Å². The van der Waals surface area contributed by atoms with E-state index in [1.54, 1.807) is 12.1 Å². The monoisotopic (exact) mass is 987 g/mol. The first-order chi connectivity index (χ1) is 32.2. The number of carbonyl (C=O) groups excluding carboxylic acids is 3. The number of hydrogen-bond donors (Lipinski definition) is 4. The molecule has 0 aromatic heterocycles. The summed E-state index contributed by atoms with van der Waals surface area (Å²) in [4.78, 5) is 40.6. The van der Waals surface area contributed by atoms with Gasteiger partial charge in [0.25, 0.3) is 0 Å². The molecule has 2 saturated heterocycles. The van der Waals surface area contributed by atoms with E-state index < -0.39 is 99.1 Å². The first-order valence-corrected chi connectivity index (χ1v) is 28.4. The Morgan fingerprint density at radius 3 is 2.14 bits per heavy atom. The maximum Gasteiger partial charge on any atom is 0.338 e. The SMILES string of the molecule is COc1ccc(C(=O)OC2C(OC3C(O)COC(O[C@H]4C[C@H]5[C@@H]6CC=C7C[C@@H](O[Si](C)(C)C(C)(C)C)CC[C@]7(C)C6CC[C@]5(C)[C@@]4(O)[C@H](C)C(=O)CCC(C)C)C3OC(C)=O)OCC(O)C2O)cc1. The highest BCUT2D eigenvalue weighted by molar-refractivity contribution is 6.74. The molecular weight excluding hydrogens is 905 g/mol. The second-order valence-electron chi connectivity index (χ2n) is 23.6. The number of aliphatic hydroxyl groups is 4. The maximum absolute atomic E-state index is 14.3. The number of benzene rings is 1. The summed E-state index contributed by atoms with van der Waals surface area (Å²) in [6, 6.07) is 6.08. The van der Waals surface area contributed by atoms with E-state index in [4.69, 9.17) is 37.6 Å². The zero-order chi connectivity index (χ0) is 50.6. The van der Waals surface area contributed by atoms with E-state index in [0.29, 0.717) is 37.4 Å². The van der Waals surface area contributed by atoms with E-state index in [9.17, 15) is 34.8 Å². The van der Waals surface area contributed by atoms with Crippen molar-refractivity contribution in [3.05, 3.63) is 41.5 Å². The number of rotatable bonds is 15. The number of aliphatic hydroxyl groups excluding tert-OH is 3. The predicted molar refractivity (Wildman–Crippen MR) is 257 cm³/mol. The molecule has 5 fully saturated rings. The second-order valence-corrected chi connectivity index (χ2v) is 28.3. The van der Waals surface area contributed by atoms with Gasteiger partial charge in [0.2, 0.25) is 0 Å². The van der Waals surface area contributed by atoms with Gasteiger partial charge in [0.1, 0.15) is 41.5 Å². The summed E-state index contributed by atoms with van der Waals surface area (Å²) in [5.74, 6) is -1.17. The quantitative estimate of drug-likeness (QED) is 0.0789. The lowest BCUT2D eigenvalue weighted by Gasteiger charge is -2.60. The van der Waals surface area contributed by atoms with Crippen LogP contribution in [-0.2, 0) is 42.4 Å². The summed E-state index contributed by atoms with van der Waals surface area (Å²) < 4.78 is 49.1. The van der Waals surface area contributed by atoms with Gasteiger partial charge >= 0.3 is 11.9 Å². The fourth-order valence-electron chi connectivity index (χ4n) is 12.8. The number of fused-ring (bicyclic) bond motifs is 5. The molecule has 388 valence electrons. The molecule has 0 amide bonds. The Kier molecular flexibility index (Phi) is 16.1. The number of methoxy groups -OCH3 is 1. The Morgan fingerprint density at radius 1 is 0.870 bits per heavy atom. The smallest absolute Gasteiger partial charge is 0.338 e. The van der Waals surface area contributed by atoms with Gasteiger partial charge in [-0.1, -0.05) is 67.0 Å². The standard InChI is InChI=1S/C53H82O15Si/c1-29(2)13-20-39(55)30(3)53(60)42(26-38-36-19-16-33-25-35(68-69(11,12)50(5,6)7)21-23-51(33,8)37(36)22-24-52(38,53)9)65-49-46(64-31(4)54)44(41(57)28-63-49)67-48-45(43(58)40(56)27-62-48)66-47(59)32-14-17-34(61-10)18-15-32/h14-18,29-30,35-38,40-46,48-49,56-58,60H,13,19-28H2,1-12H3/t30-,35+,36-,37?,38+,40?,41?,42+,43?,44?,45?,46?,48?,49?,51+,52+,53-/m1/s1. The van der Waals surface area contributed by atoms with E-state index >= 15 is 0 Å². The molecule has 1 aromatic rings. The molecule has 9 unspecified atom stereocenters. The van der Waals surface area contributed by atoms with Gasteiger partial charge in [-0.05, 0) is 123 Å². The summed E-state index contributed by atoms with van der Waals surface area (Å²) in [5.41, 5.74) is -0.844. The molecule has 3 saturated carbocycles. The fraction of sp³-hybridized carbons (Fsp3) is 0.792. The molecule has 16 heteroatoms. The lowest BCUT2D eigenvalue weighted by atomic mass is 9.46. The number of ether oxygens (including phenoxy) is 7. The van der Waals surface area contributed by atoms with Crippen LogP contribution in [0.25, 0.3) is 0 Å². The number of carbonyl (C=O) groups is 3. The van der Waals surface area contributed by atoms with Gasteiger partial charge in [-0.15, -0.1) is 0 Å². The predicted octanol–water partition coefficient (Wildman–Crippen LogP) is 7.05. The van der Waals surface area contributed by atoms with E-state index in [-0.39, 0.29) is 52.3 Å². The molecule has 1 aromatic carbocycles. The fourth-order valence-corrected chi connectivity index (χ4v) is 14.2. The first kappa shape index (κ1) is 54.0. The average Bonchev–Trinajstić information content (AvgIpc) is 3.52. The summed E-state index contributed by atoms with van der Waals surface area (Å²) in [6.45, 7) is 22.5. The zero-order valence-electron chi connectivity index (χ0n) is 43.1. The number of ketones is 1. The van der Waals surface area contributed by atoms with Crippen molar-refractivity contribution < 1.29 is 72.4 Å². The van der Waals surface area contributed by atoms with Crippen LogP contribution < -0.4 is 4.74 Å². The van der Waals surface area contributed by atoms with Crippen molar-refractivity contribution in [2.75, 3.05) is 20.3 Å². The summed E-state index contributed by atoms with van der Waals surface area (Å²) in [6.07, 6.45) is -3.58. The van der Waals surface area contributed by atoms with Crippen LogP contribution in [0, 0.1) is 40.4 Å². The normalized spacial score (nSPS) is 39.6. The van der Waals surface area contributed by atoms with Crippen molar-refractivity contribution in [2.24, 2.45) is 40.4 Å². The van der Waals surface area contributed by atoms with Crippen molar-refractivity contribution in [1.82, 2.24) is 0 Å². The van der Waals surface area contributed by atoms with Crippen LogP contribution in [0.5, 0.6) is 5.75 Å². The third kappa shape index (κ3) is 10.4. The summed E-state index contributed by atoms with van der Waals surface area (Å²) in [5, 5.41) is 47.0. The van der Waals surface area contributed by atoms with E-state index in [1.165, 1.54) is 31.7 Å². The Morgan fingerprint density at radius 2 is 1.52 bits per heavy atom. The zero-order valence-corrected chi connectivity index (χ0v) is 44.1. The molecule has 17 atom stereocenters. The molecule has 69 heavy (non-hydrogen) atoms. The van der Waals surface area contributed by atoms with Crippen molar-refractivity contribution in [1.29, 1.82) is 0 Å². The Bertz CT molecular complexity index is 2020. The van der Waals surface area contributed by atoms with Crippen LogP contribution >= 0.6 is 0 Å². The van der Waals surface area contributed by atoms with Gasteiger partial charge in [-0.2, -0.15) is 0 Å². The van der Waals surface area contributed by atoms with Gasteiger partial charge in [0.05, 0.1) is 32.0 Å². The number of esters is 2. The van der Waals surface area contributed by atoms with Crippen molar-refractivity contribution >= 4 is 26.0 Å². The van der Waals surface area contributed by atoms with E-state index in [1.807, 2.05) is 6.92 Å². The second kappa shape index (κ2) is 20.6. The van der Waals surface area contributed by atoms with Gasteiger partial charge in [0.15, 0.2) is 33.1 Å². The third-order valence-electron chi connectivity index (χ3n) is 18.0. The molecule has 2 aliphatic heterocycles. The van der Waals surface area contributed by atoms with Crippen LogP contribution in [-0.4, -0.2) is 134 Å². The lowest BCUT2D eigenvalue weighted by molar-refractivity contribution is -0.345. The average molecular weight is 987 g/mol. The number of Topliss-reactive ketones (excluding diaryl/α,β-unsaturated/α-hetero) is 1. The molecule has 6 aliphatic rings. The molecule has 7 rings (SSSR count).